The monoisotopic (exact) mass is 202 g/mol. The average Bonchev–Trinajstić information content (AvgIpc) is 2.34. The van der Waals surface area contributed by atoms with Gasteiger partial charge in [0.25, 0.3) is 0 Å². The van der Waals surface area contributed by atoms with Gasteiger partial charge in [0, 0.05) is 13.2 Å². The summed E-state index contributed by atoms with van der Waals surface area (Å²) >= 11 is 5.98. The Hall–Kier alpha value is -0.540. The second kappa shape index (κ2) is 4.63. The molecule has 0 unspecified atom stereocenters. The van der Waals surface area contributed by atoms with Gasteiger partial charge in [0.1, 0.15) is 0 Å². The second-order valence-electron chi connectivity index (χ2n) is 3.14. The Balaban J connectivity index is 2.61. The Morgan fingerprint density at radius 3 is 2.54 bits per heavy atom. The minimum Gasteiger partial charge on any atom is -0.396 e. The van der Waals surface area contributed by atoms with Gasteiger partial charge in [-0.15, -0.1) is 0 Å². The van der Waals surface area contributed by atoms with E-state index in [1.807, 2.05) is 18.5 Å². The first-order valence-electron chi connectivity index (χ1n) is 4.47. The topological polar surface area (TPSA) is 38.0 Å². The number of hydrogen-bond donors (Lipinski definition) is 1. The van der Waals surface area contributed by atoms with Crippen molar-refractivity contribution in [2.24, 2.45) is 0 Å². The van der Waals surface area contributed by atoms with Crippen molar-refractivity contribution in [3.63, 3.8) is 0 Å². The van der Waals surface area contributed by atoms with E-state index >= 15 is 0 Å². The lowest BCUT2D eigenvalue weighted by Crippen LogP contribution is -2.03. The third-order valence-corrected chi connectivity index (χ3v) is 2.62. The van der Waals surface area contributed by atoms with E-state index < -0.39 is 0 Å². The van der Waals surface area contributed by atoms with E-state index in [9.17, 15) is 0 Å². The van der Waals surface area contributed by atoms with Crippen LogP contribution in [0.25, 0.3) is 0 Å². The number of halogens is 1. The first-order chi connectivity index (χ1) is 6.16. The summed E-state index contributed by atoms with van der Waals surface area (Å²) < 4.78 is 1.90. The van der Waals surface area contributed by atoms with Crippen molar-refractivity contribution in [2.75, 3.05) is 6.61 Å². The third kappa shape index (κ3) is 2.45. The van der Waals surface area contributed by atoms with E-state index in [2.05, 4.69) is 5.10 Å². The van der Waals surface area contributed by atoms with Crippen LogP contribution >= 0.6 is 11.6 Å². The summed E-state index contributed by atoms with van der Waals surface area (Å²) in [7, 11) is 0. The SMILES string of the molecule is Cc1nn(CCCCO)c(C)c1Cl. The standard InChI is InChI=1S/C9H15ClN2O/c1-7-9(10)8(2)12(11-7)5-3-4-6-13/h13H,3-6H2,1-2H3. The van der Waals surface area contributed by atoms with Gasteiger partial charge in [-0.25, -0.2) is 0 Å². The van der Waals surface area contributed by atoms with Gasteiger partial charge in [-0.1, -0.05) is 11.6 Å². The van der Waals surface area contributed by atoms with E-state index in [0.29, 0.717) is 0 Å². The van der Waals surface area contributed by atoms with Gasteiger partial charge in [-0.2, -0.15) is 5.10 Å². The smallest absolute Gasteiger partial charge is 0.0844 e. The van der Waals surface area contributed by atoms with Crippen LogP contribution in [0.3, 0.4) is 0 Å². The highest BCUT2D eigenvalue weighted by molar-refractivity contribution is 6.31. The van der Waals surface area contributed by atoms with Gasteiger partial charge in [0.2, 0.25) is 0 Å². The van der Waals surface area contributed by atoms with Crippen molar-refractivity contribution in [1.29, 1.82) is 0 Å². The zero-order valence-corrected chi connectivity index (χ0v) is 8.80. The van der Waals surface area contributed by atoms with Gasteiger partial charge in [0.15, 0.2) is 0 Å². The maximum absolute atomic E-state index is 8.62. The fourth-order valence-electron chi connectivity index (χ4n) is 1.27. The van der Waals surface area contributed by atoms with Crippen LogP contribution in [0.15, 0.2) is 0 Å². The highest BCUT2D eigenvalue weighted by Crippen LogP contribution is 2.18. The lowest BCUT2D eigenvalue weighted by Gasteiger charge is -2.02. The molecule has 1 aromatic rings. The predicted molar refractivity (Wildman–Crippen MR) is 53.0 cm³/mol. The number of hydrogen-bond acceptors (Lipinski definition) is 2. The fraction of sp³-hybridized carbons (Fsp3) is 0.667. The molecule has 0 fully saturated rings. The predicted octanol–water partition coefficient (Wildman–Crippen LogP) is 1.93. The largest absolute Gasteiger partial charge is 0.396 e. The lowest BCUT2D eigenvalue weighted by atomic mass is 10.3. The number of rotatable bonds is 4. The van der Waals surface area contributed by atoms with Gasteiger partial charge in [0.05, 0.1) is 16.4 Å². The molecule has 0 aromatic carbocycles. The summed E-state index contributed by atoms with van der Waals surface area (Å²) in [6.07, 6.45) is 1.75. The first-order valence-corrected chi connectivity index (χ1v) is 4.85. The summed E-state index contributed by atoms with van der Waals surface area (Å²) in [6.45, 7) is 4.94. The molecule has 0 amide bonds. The van der Waals surface area contributed by atoms with Gasteiger partial charge >= 0.3 is 0 Å². The van der Waals surface area contributed by atoms with Crippen molar-refractivity contribution < 1.29 is 5.11 Å². The van der Waals surface area contributed by atoms with Crippen LogP contribution in [0.2, 0.25) is 5.02 Å². The Morgan fingerprint density at radius 2 is 2.08 bits per heavy atom. The zero-order chi connectivity index (χ0) is 9.84. The molecular formula is C9H15ClN2O. The molecule has 0 bridgehead atoms. The van der Waals surface area contributed by atoms with Crippen molar-refractivity contribution >= 4 is 11.6 Å². The Labute approximate surface area is 83.3 Å². The molecule has 1 heterocycles. The van der Waals surface area contributed by atoms with E-state index in [-0.39, 0.29) is 6.61 Å². The van der Waals surface area contributed by atoms with Gasteiger partial charge < -0.3 is 5.11 Å². The van der Waals surface area contributed by atoms with Crippen LogP contribution in [0, 0.1) is 13.8 Å². The van der Waals surface area contributed by atoms with E-state index in [0.717, 1.165) is 35.8 Å². The Morgan fingerprint density at radius 1 is 1.38 bits per heavy atom. The number of aryl methyl sites for hydroxylation is 2. The van der Waals surface area contributed by atoms with Crippen molar-refractivity contribution in [3.8, 4) is 0 Å². The third-order valence-electron chi connectivity index (χ3n) is 2.07. The number of nitrogens with zero attached hydrogens (tertiary/aromatic N) is 2. The van der Waals surface area contributed by atoms with Gasteiger partial charge in [-0.3, -0.25) is 4.68 Å². The normalized spacial score (nSPS) is 10.8. The van der Waals surface area contributed by atoms with Gasteiger partial charge in [-0.05, 0) is 26.7 Å². The Kier molecular flexibility index (Phi) is 3.75. The molecule has 0 radical (unpaired) electrons. The molecule has 74 valence electrons. The molecular weight excluding hydrogens is 188 g/mol. The highest BCUT2D eigenvalue weighted by atomic mass is 35.5. The molecule has 0 spiro atoms. The molecule has 13 heavy (non-hydrogen) atoms. The van der Waals surface area contributed by atoms with Crippen LogP contribution in [0.5, 0.6) is 0 Å². The lowest BCUT2D eigenvalue weighted by molar-refractivity contribution is 0.280. The van der Waals surface area contributed by atoms with Crippen molar-refractivity contribution in [1.82, 2.24) is 9.78 Å². The summed E-state index contributed by atoms with van der Waals surface area (Å²) in [5.74, 6) is 0. The minimum absolute atomic E-state index is 0.243. The molecule has 1 rings (SSSR count). The van der Waals surface area contributed by atoms with Crippen LogP contribution in [-0.2, 0) is 6.54 Å². The summed E-state index contributed by atoms with van der Waals surface area (Å²) in [6, 6.07) is 0. The van der Waals surface area contributed by atoms with E-state index in [1.54, 1.807) is 0 Å². The first kappa shape index (κ1) is 10.5. The summed E-state index contributed by atoms with van der Waals surface area (Å²) in [5, 5.41) is 13.7. The number of unbranched alkanes of at least 4 members (excludes halogenated alkanes) is 1. The Bertz CT molecular complexity index is 283. The molecule has 0 saturated carbocycles. The maximum atomic E-state index is 8.62. The summed E-state index contributed by atoms with van der Waals surface area (Å²) in [5.41, 5.74) is 1.89. The molecule has 4 heteroatoms. The molecule has 3 nitrogen and oxygen atoms in total. The van der Waals surface area contributed by atoms with Crippen LogP contribution < -0.4 is 0 Å². The minimum atomic E-state index is 0.243. The molecule has 0 aliphatic heterocycles. The molecule has 0 aliphatic carbocycles. The maximum Gasteiger partial charge on any atom is 0.0844 e. The fourth-order valence-corrected chi connectivity index (χ4v) is 1.40. The summed E-state index contributed by atoms with van der Waals surface area (Å²) in [4.78, 5) is 0. The number of aromatic nitrogens is 2. The molecule has 0 saturated heterocycles. The second-order valence-corrected chi connectivity index (χ2v) is 3.52. The van der Waals surface area contributed by atoms with Crippen molar-refractivity contribution in [2.45, 2.75) is 33.2 Å². The van der Waals surface area contributed by atoms with Crippen LogP contribution in [0.1, 0.15) is 24.2 Å². The molecule has 0 atom stereocenters. The average molecular weight is 203 g/mol. The van der Waals surface area contributed by atoms with E-state index in [1.165, 1.54) is 0 Å². The molecule has 0 aliphatic rings. The van der Waals surface area contributed by atoms with E-state index in [4.69, 9.17) is 16.7 Å². The van der Waals surface area contributed by atoms with Crippen molar-refractivity contribution in [3.05, 3.63) is 16.4 Å². The molecule has 1 aromatic heterocycles. The molecule has 1 N–H and O–H groups in total. The highest BCUT2D eigenvalue weighted by Gasteiger charge is 2.07. The quantitative estimate of drug-likeness (QED) is 0.758. The van der Waals surface area contributed by atoms with Crippen LogP contribution in [0.4, 0.5) is 0 Å². The number of aliphatic hydroxyl groups is 1. The number of aliphatic hydroxyl groups excluding tert-OH is 1. The zero-order valence-electron chi connectivity index (χ0n) is 8.05. The van der Waals surface area contributed by atoms with Crippen LogP contribution in [-0.4, -0.2) is 21.5 Å².